The molecule has 4 heterocycles. The molecule has 3 aromatic heterocycles. The quantitative estimate of drug-likeness (QED) is 0.0653. The van der Waals surface area contributed by atoms with Gasteiger partial charge >= 0.3 is 0 Å². The van der Waals surface area contributed by atoms with Crippen molar-refractivity contribution in [2.24, 2.45) is 14.1 Å². The second-order valence-electron chi connectivity index (χ2n) is 14.3. The molecule has 6 rings (SSSR count). The van der Waals surface area contributed by atoms with Crippen molar-refractivity contribution in [3.63, 3.8) is 0 Å². The Morgan fingerprint density at radius 2 is 0.960 bits per heavy atom. The van der Waals surface area contributed by atoms with E-state index in [4.69, 9.17) is 0 Å². The van der Waals surface area contributed by atoms with Crippen LogP contribution in [-0.2, 0) is 20.6 Å². The summed E-state index contributed by atoms with van der Waals surface area (Å²) >= 11 is 0. The van der Waals surface area contributed by atoms with Crippen molar-refractivity contribution in [1.29, 1.82) is 0 Å². The fourth-order valence-electron chi connectivity index (χ4n) is 7.37. The Kier molecular flexibility index (Phi) is 17.9. The summed E-state index contributed by atoms with van der Waals surface area (Å²) in [6.45, 7) is 5.26. The van der Waals surface area contributed by atoms with Gasteiger partial charge in [0.15, 0.2) is 24.8 Å². The zero-order valence-electron chi connectivity index (χ0n) is 30.2. The van der Waals surface area contributed by atoms with Crippen LogP contribution in [0.2, 0.25) is 0 Å². The third-order valence-electron chi connectivity index (χ3n) is 10.3. The molecule has 0 N–H and O–H groups in total. The molecule has 0 unspecified atom stereocenters. The molecule has 0 bridgehead atoms. The molecule has 1 aliphatic heterocycles. The van der Waals surface area contributed by atoms with Crippen LogP contribution in [0.3, 0.4) is 0 Å². The number of rotatable bonds is 14. The van der Waals surface area contributed by atoms with Crippen LogP contribution in [0.25, 0.3) is 46.1 Å². The van der Waals surface area contributed by atoms with Crippen LogP contribution in [0.1, 0.15) is 86.5 Å². The van der Waals surface area contributed by atoms with Crippen molar-refractivity contribution in [1.82, 2.24) is 4.57 Å². The minimum absolute atomic E-state index is 0. The van der Waals surface area contributed by atoms with Crippen molar-refractivity contribution in [3.05, 3.63) is 108 Å². The Labute approximate surface area is 352 Å². The molecule has 0 amide bonds. The molecule has 5 aromatic rings. The minimum atomic E-state index is 0. The number of halogens is 3. The van der Waals surface area contributed by atoms with Gasteiger partial charge in [0, 0.05) is 52.6 Å². The molecule has 268 valence electrons. The fraction of sp³-hybridized carbons (Fsp3) is 0.395. The highest BCUT2D eigenvalue weighted by Crippen LogP contribution is 2.32. The van der Waals surface area contributed by atoms with E-state index in [0.29, 0.717) is 0 Å². The van der Waals surface area contributed by atoms with Gasteiger partial charge in [-0.3, -0.25) is 0 Å². The van der Waals surface area contributed by atoms with Crippen molar-refractivity contribution in [2.45, 2.75) is 70.8 Å². The highest BCUT2D eigenvalue weighted by molar-refractivity contribution is 6.09. The van der Waals surface area contributed by atoms with Crippen LogP contribution in [0.15, 0.2) is 85.5 Å². The predicted molar refractivity (Wildman–Crippen MR) is 199 cm³/mol. The van der Waals surface area contributed by atoms with Gasteiger partial charge < -0.3 is 81.0 Å². The van der Waals surface area contributed by atoms with Gasteiger partial charge in [-0.15, -0.1) is 0 Å². The molecule has 1 fully saturated rings. The molecule has 0 spiro atoms. The van der Waals surface area contributed by atoms with Crippen molar-refractivity contribution < 1.29 is 85.5 Å². The maximum Gasteiger partial charge on any atom is 0.169 e. The molecule has 1 aliphatic rings. The van der Waals surface area contributed by atoms with Crippen LogP contribution in [0.4, 0.5) is 0 Å². The summed E-state index contributed by atoms with van der Waals surface area (Å²) in [7, 11) is 6.59. The number of likely N-dealkylation sites (tertiary alicyclic amines) is 1. The first-order chi connectivity index (χ1) is 23.0. The molecule has 0 saturated carbocycles. The van der Waals surface area contributed by atoms with Crippen LogP contribution in [-0.4, -0.2) is 35.7 Å². The Morgan fingerprint density at radius 3 is 1.44 bits per heavy atom. The summed E-state index contributed by atoms with van der Waals surface area (Å²) < 4.78 is 8.04. The number of piperidine rings is 1. The number of pyridine rings is 2. The van der Waals surface area contributed by atoms with Gasteiger partial charge in [-0.1, -0.05) is 62.1 Å². The third-order valence-corrected chi connectivity index (χ3v) is 10.3. The summed E-state index contributed by atoms with van der Waals surface area (Å²) in [5.41, 5.74) is 7.58. The van der Waals surface area contributed by atoms with E-state index in [0.717, 1.165) is 6.54 Å². The van der Waals surface area contributed by atoms with E-state index in [1.165, 1.54) is 132 Å². The average molecular weight is 1010 g/mol. The molecule has 4 nitrogen and oxygen atoms in total. The van der Waals surface area contributed by atoms with Gasteiger partial charge in [0.05, 0.1) is 26.7 Å². The summed E-state index contributed by atoms with van der Waals surface area (Å²) in [6.07, 6.45) is 31.1. The summed E-state index contributed by atoms with van der Waals surface area (Å²) in [5.74, 6) is 0. The number of hydrogen-bond acceptors (Lipinski definition) is 0. The molecule has 0 radical (unpaired) electrons. The Bertz CT molecular complexity index is 1710. The van der Waals surface area contributed by atoms with Gasteiger partial charge in [0.1, 0.15) is 14.1 Å². The van der Waals surface area contributed by atoms with E-state index in [1.807, 2.05) is 0 Å². The number of fused-ring (bicyclic) bond motifs is 3. The third kappa shape index (κ3) is 11.8. The summed E-state index contributed by atoms with van der Waals surface area (Å²) in [6, 6.07) is 22.6. The number of nitrogens with zero attached hydrogens (tertiary/aromatic N) is 4. The molecule has 2 aromatic carbocycles. The first-order valence-electron chi connectivity index (χ1n) is 18.1. The average Bonchev–Trinajstić information content (AvgIpc) is 3.39. The first kappa shape index (κ1) is 42.6. The smallest absolute Gasteiger partial charge is 0.169 e. The molecule has 7 heteroatoms. The number of aryl methyl sites for hydroxylation is 3. The number of benzene rings is 2. The molecule has 1 saturated heterocycles. The fourth-order valence-corrected chi connectivity index (χ4v) is 7.37. The Hall–Kier alpha value is -1.83. The topological polar surface area (TPSA) is 12.7 Å². The number of aromatic nitrogens is 3. The van der Waals surface area contributed by atoms with Crippen LogP contribution in [0.5, 0.6) is 0 Å². The lowest BCUT2D eigenvalue weighted by Gasteiger charge is -2.37. The highest BCUT2D eigenvalue weighted by atomic mass is 127. The lowest BCUT2D eigenvalue weighted by molar-refractivity contribution is -0.914. The van der Waals surface area contributed by atoms with Crippen molar-refractivity contribution in [2.75, 3.05) is 26.7 Å². The molecule has 0 atom stereocenters. The van der Waals surface area contributed by atoms with Gasteiger partial charge in [-0.05, 0) is 85.0 Å². The van der Waals surface area contributed by atoms with Crippen molar-refractivity contribution >= 4 is 46.1 Å². The maximum absolute atomic E-state index is 2.57. The van der Waals surface area contributed by atoms with Crippen LogP contribution < -0.4 is 81.1 Å². The van der Waals surface area contributed by atoms with Crippen molar-refractivity contribution in [3.8, 4) is 0 Å². The van der Waals surface area contributed by atoms with Crippen LogP contribution in [0, 0.1) is 0 Å². The zero-order valence-corrected chi connectivity index (χ0v) is 36.7. The second-order valence-corrected chi connectivity index (χ2v) is 14.3. The maximum atomic E-state index is 2.57. The minimum Gasteiger partial charge on any atom is -1.00 e. The second kappa shape index (κ2) is 21.0. The normalized spacial score (nSPS) is 14.1. The van der Waals surface area contributed by atoms with Crippen LogP contribution >= 0.6 is 0 Å². The molecular weight excluding hydrogens is 953 g/mol. The summed E-state index contributed by atoms with van der Waals surface area (Å²) in [4.78, 5) is 0. The molecule has 0 aliphatic carbocycles. The van der Waals surface area contributed by atoms with Gasteiger partial charge in [-0.2, -0.15) is 0 Å². The summed E-state index contributed by atoms with van der Waals surface area (Å²) in [5, 5.41) is 2.68. The monoisotopic (exact) mass is 1010 g/mol. The Balaban J connectivity index is 0.00000225. The SMILES string of the molecule is C[n+]1ccc(/C=C/c2ccc3c(c2)c2cc(/C=C/c4cc[n+](C)cc4)ccc2n3CCCCCCCCC[N+]2(C)CCCCC2)cc1.[I-].[I-].[I-]. The van der Waals surface area contributed by atoms with E-state index in [2.05, 4.69) is 145 Å². The van der Waals surface area contributed by atoms with E-state index < -0.39 is 0 Å². The molecule has 50 heavy (non-hydrogen) atoms. The van der Waals surface area contributed by atoms with Gasteiger partial charge in [0.2, 0.25) is 0 Å². The lowest BCUT2D eigenvalue weighted by atomic mass is 10.1. The largest absolute Gasteiger partial charge is 1.00 e. The van der Waals surface area contributed by atoms with Gasteiger partial charge in [0.25, 0.3) is 0 Å². The van der Waals surface area contributed by atoms with Gasteiger partial charge in [-0.25, -0.2) is 9.13 Å². The van der Waals surface area contributed by atoms with E-state index in [9.17, 15) is 0 Å². The Morgan fingerprint density at radius 1 is 0.540 bits per heavy atom. The van der Waals surface area contributed by atoms with E-state index >= 15 is 0 Å². The molecular formula is C43H55I3N4. The van der Waals surface area contributed by atoms with E-state index in [1.54, 1.807) is 0 Å². The standard InChI is InChI=1S/C43H55N4.3HI/c1-44-27-22-36(23-28-44)14-16-38-18-20-42-40(34-38)41-35-39(17-15-37-24-29-45(2)30-25-37)19-21-43(41)46(42)26-10-7-5-4-6-8-11-31-47(3)32-12-9-13-33-47;;;/h14-25,27-30,34-35H,4-13,26,31-33H2,1-3H3;3*1H/q+3;;;/p-3. The number of quaternary nitrogens is 1. The zero-order chi connectivity index (χ0) is 32.5. The first-order valence-corrected chi connectivity index (χ1v) is 18.1. The van der Waals surface area contributed by atoms with E-state index in [-0.39, 0.29) is 71.9 Å². The predicted octanol–water partition coefficient (Wildman–Crippen LogP) is 0.158. The lowest BCUT2D eigenvalue weighted by Crippen LogP contribution is -3.00. The number of unbranched alkanes of at least 4 members (excludes halogenated alkanes) is 6. The number of hydrogen-bond donors (Lipinski definition) is 0. The highest BCUT2D eigenvalue weighted by Gasteiger charge is 2.23.